The van der Waals surface area contributed by atoms with Gasteiger partial charge in [-0.15, -0.1) is 11.3 Å². The molecule has 24 heavy (non-hydrogen) atoms. The van der Waals surface area contributed by atoms with Crippen molar-refractivity contribution >= 4 is 33.5 Å². The number of imidazole rings is 1. The molecule has 3 heterocycles. The summed E-state index contributed by atoms with van der Waals surface area (Å²) in [4.78, 5) is 28.8. The number of thiazole rings is 1. The van der Waals surface area contributed by atoms with Crippen molar-refractivity contribution in [2.24, 2.45) is 0 Å². The van der Waals surface area contributed by atoms with E-state index in [-0.39, 0.29) is 12.5 Å². The molecule has 0 saturated heterocycles. The Morgan fingerprint density at radius 3 is 2.96 bits per heavy atom. The predicted molar refractivity (Wildman–Crippen MR) is 91.5 cm³/mol. The van der Waals surface area contributed by atoms with Gasteiger partial charge in [0.15, 0.2) is 10.8 Å². The zero-order valence-corrected chi connectivity index (χ0v) is 13.3. The summed E-state index contributed by atoms with van der Waals surface area (Å²) < 4.78 is 1.70. The molecule has 118 valence electrons. The molecule has 3 aromatic heterocycles. The highest BCUT2D eigenvalue weighted by molar-refractivity contribution is 7.14. The number of aromatic nitrogens is 5. The largest absolute Gasteiger partial charge is 0.318 e. The van der Waals surface area contributed by atoms with Crippen molar-refractivity contribution in [2.75, 3.05) is 5.32 Å². The van der Waals surface area contributed by atoms with Crippen LogP contribution in [0.4, 0.5) is 5.13 Å². The molecule has 1 amide bonds. The number of rotatable bonds is 4. The van der Waals surface area contributed by atoms with Crippen LogP contribution < -0.4 is 5.32 Å². The third-order valence-electron chi connectivity index (χ3n) is 3.44. The summed E-state index contributed by atoms with van der Waals surface area (Å²) in [5, 5.41) is 5.31. The highest BCUT2D eigenvalue weighted by Gasteiger charge is 2.11. The molecule has 4 rings (SSSR count). The van der Waals surface area contributed by atoms with Crippen LogP contribution in [-0.4, -0.2) is 30.4 Å². The van der Waals surface area contributed by atoms with Crippen LogP contribution in [0.25, 0.3) is 22.4 Å². The van der Waals surface area contributed by atoms with E-state index in [2.05, 4.69) is 25.3 Å². The molecule has 0 fully saturated rings. The second-order valence-corrected chi connectivity index (χ2v) is 5.91. The summed E-state index contributed by atoms with van der Waals surface area (Å²) in [6, 6.07) is 9.84. The summed E-state index contributed by atoms with van der Waals surface area (Å²) in [5.74, 6) is -0.174. The number of hydrogen-bond acceptors (Lipinski definition) is 6. The van der Waals surface area contributed by atoms with E-state index in [1.807, 2.05) is 35.7 Å². The first-order chi connectivity index (χ1) is 11.8. The van der Waals surface area contributed by atoms with Crippen LogP contribution in [0.3, 0.4) is 0 Å². The van der Waals surface area contributed by atoms with E-state index < -0.39 is 0 Å². The molecule has 0 spiro atoms. The minimum Gasteiger partial charge on any atom is -0.318 e. The number of benzene rings is 1. The zero-order chi connectivity index (χ0) is 16.4. The summed E-state index contributed by atoms with van der Waals surface area (Å²) in [6.07, 6.45) is 4.65. The SMILES string of the molecule is O=C(Cn1cnc2ncncc21)Nc1nc(-c2ccccc2)cs1. The van der Waals surface area contributed by atoms with Gasteiger partial charge in [-0.1, -0.05) is 30.3 Å². The monoisotopic (exact) mass is 336 g/mol. The van der Waals surface area contributed by atoms with E-state index in [4.69, 9.17) is 0 Å². The van der Waals surface area contributed by atoms with Crippen molar-refractivity contribution in [1.82, 2.24) is 24.5 Å². The maximum Gasteiger partial charge on any atom is 0.246 e. The van der Waals surface area contributed by atoms with Crippen LogP contribution in [0.2, 0.25) is 0 Å². The smallest absolute Gasteiger partial charge is 0.246 e. The second kappa shape index (κ2) is 6.17. The van der Waals surface area contributed by atoms with Crippen LogP contribution in [0.15, 0.2) is 54.6 Å². The van der Waals surface area contributed by atoms with E-state index in [0.717, 1.165) is 16.8 Å². The Morgan fingerprint density at radius 1 is 1.21 bits per heavy atom. The molecule has 0 saturated carbocycles. The molecular weight excluding hydrogens is 324 g/mol. The average molecular weight is 336 g/mol. The summed E-state index contributed by atoms with van der Waals surface area (Å²) in [7, 11) is 0. The van der Waals surface area contributed by atoms with Gasteiger partial charge in [0.1, 0.15) is 18.4 Å². The Morgan fingerprint density at radius 2 is 2.08 bits per heavy atom. The lowest BCUT2D eigenvalue weighted by Gasteiger charge is -2.03. The summed E-state index contributed by atoms with van der Waals surface area (Å²) in [6.45, 7) is 0.129. The fraction of sp³-hybridized carbons (Fsp3) is 0.0625. The van der Waals surface area contributed by atoms with Crippen LogP contribution in [-0.2, 0) is 11.3 Å². The fourth-order valence-corrected chi connectivity index (χ4v) is 3.05. The highest BCUT2D eigenvalue weighted by Crippen LogP contribution is 2.24. The number of carbonyl (C=O) groups excluding carboxylic acids is 1. The molecule has 0 bridgehead atoms. The topological polar surface area (TPSA) is 85.6 Å². The van der Waals surface area contributed by atoms with Crippen molar-refractivity contribution in [2.45, 2.75) is 6.54 Å². The van der Waals surface area contributed by atoms with Crippen LogP contribution in [0.5, 0.6) is 0 Å². The Kier molecular flexibility index (Phi) is 3.72. The van der Waals surface area contributed by atoms with Gasteiger partial charge in [0.25, 0.3) is 0 Å². The second-order valence-electron chi connectivity index (χ2n) is 5.06. The number of fused-ring (bicyclic) bond motifs is 1. The first-order valence-electron chi connectivity index (χ1n) is 7.21. The van der Waals surface area contributed by atoms with E-state index in [9.17, 15) is 4.79 Å². The third-order valence-corrected chi connectivity index (χ3v) is 4.19. The number of anilines is 1. The molecule has 0 atom stereocenters. The molecule has 0 radical (unpaired) electrons. The normalized spacial score (nSPS) is 10.8. The Bertz CT molecular complexity index is 994. The lowest BCUT2D eigenvalue weighted by atomic mass is 10.2. The van der Waals surface area contributed by atoms with Gasteiger partial charge in [-0.25, -0.2) is 19.9 Å². The molecule has 1 aromatic carbocycles. The van der Waals surface area contributed by atoms with Crippen molar-refractivity contribution in [3.05, 3.63) is 54.6 Å². The van der Waals surface area contributed by atoms with Gasteiger partial charge in [-0.05, 0) is 0 Å². The highest BCUT2D eigenvalue weighted by atomic mass is 32.1. The maximum absolute atomic E-state index is 12.2. The number of carbonyl (C=O) groups is 1. The molecule has 0 unspecified atom stereocenters. The standard InChI is InChI=1S/C16H12N6OS/c23-14(7-22-10-19-15-13(22)6-17-9-18-15)21-16-20-12(8-24-16)11-4-2-1-3-5-11/h1-6,8-10H,7H2,(H,20,21,23). The van der Waals surface area contributed by atoms with Gasteiger partial charge in [-0.2, -0.15) is 0 Å². The Labute approximate surface area is 141 Å². The van der Waals surface area contributed by atoms with E-state index >= 15 is 0 Å². The molecule has 1 N–H and O–H groups in total. The first kappa shape index (κ1) is 14.5. The molecular formula is C16H12N6OS. The number of amides is 1. The maximum atomic E-state index is 12.2. The van der Waals surface area contributed by atoms with Gasteiger partial charge < -0.3 is 9.88 Å². The number of nitrogens with one attached hydrogen (secondary N) is 1. The molecule has 7 nitrogen and oxygen atoms in total. The first-order valence-corrected chi connectivity index (χ1v) is 8.09. The summed E-state index contributed by atoms with van der Waals surface area (Å²) >= 11 is 1.40. The van der Waals surface area contributed by atoms with E-state index in [1.165, 1.54) is 17.7 Å². The molecule has 8 heteroatoms. The van der Waals surface area contributed by atoms with Crippen LogP contribution >= 0.6 is 11.3 Å². The number of hydrogen-bond donors (Lipinski definition) is 1. The van der Waals surface area contributed by atoms with Gasteiger partial charge in [0.2, 0.25) is 5.91 Å². The lowest BCUT2D eigenvalue weighted by Crippen LogP contribution is -2.18. The minimum absolute atomic E-state index is 0.129. The van der Waals surface area contributed by atoms with Gasteiger partial charge >= 0.3 is 0 Å². The molecule has 0 aliphatic heterocycles. The van der Waals surface area contributed by atoms with Crippen molar-refractivity contribution in [1.29, 1.82) is 0 Å². The van der Waals surface area contributed by atoms with Crippen molar-refractivity contribution in [3.8, 4) is 11.3 Å². The van der Waals surface area contributed by atoms with Crippen molar-refractivity contribution < 1.29 is 4.79 Å². The van der Waals surface area contributed by atoms with E-state index in [0.29, 0.717) is 10.8 Å². The lowest BCUT2D eigenvalue weighted by molar-refractivity contribution is -0.116. The molecule has 0 aliphatic rings. The van der Waals surface area contributed by atoms with Gasteiger partial charge in [0.05, 0.1) is 18.2 Å². The summed E-state index contributed by atoms with van der Waals surface area (Å²) in [5.41, 5.74) is 3.15. The van der Waals surface area contributed by atoms with Gasteiger partial charge in [0, 0.05) is 10.9 Å². The zero-order valence-electron chi connectivity index (χ0n) is 12.5. The average Bonchev–Trinajstić information content (AvgIpc) is 3.23. The predicted octanol–water partition coefficient (Wildman–Crippen LogP) is 2.59. The Hall–Kier alpha value is -3.13. The fourth-order valence-electron chi connectivity index (χ4n) is 2.32. The molecule has 4 aromatic rings. The van der Waals surface area contributed by atoms with Crippen molar-refractivity contribution in [3.63, 3.8) is 0 Å². The van der Waals surface area contributed by atoms with E-state index in [1.54, 1.807) is 17.1 Å². The van der Waals surface area contributed by atoms with Crippen LogP contribution in [0.1, 0.15) is 0 Å². The third kappa shape index (κ3) is 2.86. The number of nitrogens with zero attached hydrogens (tertiary/aromatic N) is 5. The quantitative estimate of drug-likeness (QED) is 0.619. The Balaban J connectivity index is 1.48. The van der Waals surface area contributed by atoms with Gasteiger partial charge in [-0.3, -0.25) is 4.79 Å². The molecule has 0 aliphatic carbocycles. The van der Waals surface area contributed by atoms with Crippen LogP contribution in [0, 0.1) is 0 Å². The minimum atomic E-state index is -0.174.